The molecule has 0 aliphatic heterocycles. The number of hydrogen-bond acceptors (Lipinski definition) is 2. The van der Waals surface area contributed by atoms with E-state index in [1.54, 1.807) is 18.2 Å². The summed E-state index contributed by atoms with van der Waals surface area (Å²) in [6, 6.07) is 5.25. The second kappa shape index (κ2) is 6.04. The van der Waals surface area contributed by atoms with Gasteiger partial charge in [-0.15, -0.1) is 0 Å². The van der Waals surface area contributed by atoms with Crippen molar-refractivity contribution in [1.29, 1.82) is 0 Å². The van der Waals surface area contributed by atoms with Gasteiger partial charge in [0.15, 0.2) is 0 Å². The quantitative estimate of drug-likeness (QED) is 0.894. The standard InChI is InChI=1S/C13H15BrClNO2/c14-9-4-5-11(15)10(6-9)13(18)16-12-3-1-2-8(12)7-17/h4-6,8,12,17H,1-3,7H2,(H,16,18). The number of aliphatic hydroxyl groups is 1. The summed E-state index contributed by atoms with van der Waals surface area (Å²) in [4.78, 5) is 12.1. The van der Waals surface area contributed by atoms with E-state index in [9.17, 15) is 9.90 Å². The van der Waals surface area contributed by atoms with Crippen molar-refractivity contribution < 1.29 is 9.90 Å². The maximum absolute atomic E-state index is 12.1. The first kappa shape index (κ1) is 13.8. The topological polar surface area (TPSA) is 49.3 Å². The fourth-order valence-electron chi connectivity index (χ4n) is 2.36. The van der Waals surface area contributed by atoms with Crippen LogP contribution in [0.4, 0.5) is 0 Å². The molecule has 98 valence electrons. The Morgan fingerprint density at radius 2 is 2.28 bits per heavy atom. The Labute approximate surface area is 120 Å². The average Bonchev–Trinajstić information content (AvgIpc) is 2.79. The number of nitrogens with one attached hydrogen (secondary N) is 1. The van der Waals surface area contributed by atoms with Gasteiger partial charge in [0.05, 0.1) is 10.6 Å². The Kier molecular flexibility index (Phi) is 4.65. The second-order valence-electron chi connectivity index (χ2n) is 4.58. The summed E-state index contributed by atoms with van der Waals surface area (Å²) in [5.41, 5.74) is 0.467. The normalized spacial score (nSPS) is 23.1. The molecule has 1 fully saturated rings. The van der Waals surface area contributed by atoms with E-state index in [1.165, 1.54) is 0 Å². The zero-order valence-corrected chi connectivity index (χ0v) is 12.2. The highest BCUT2D eigenvalue weighted by atomic mass is 79.9. The lowest BCUT2D eigenvalue weighted by molar-refractivity contribution is 0.0916. The molecule has 2 unspecified atom stereocenters. The van der Waals surface area contributed by atoms with Crippen LogP contribution in [0.15, 0.2) is 22.7 Å². The zero-order chi connectivity index (χ0) is 13.1. The predicted molar refractivity (Wildman–Crippen MR) is 74.8 cm³/mol. The monoisotopic (exact) mass is 331 g/mol. The Hall–Kier alpha value is -0.580. The van der Waals surface area contributed by atoms with Crippen molar-refractivity contribution in [1.82, 2.24) is 5.32 Å². The molecule has 1 aliphatic rings. The number of benzene rings is 1. The molecule has 0 radical (unpaired) electrons. The highest BCUT2D eigenvalue weighted by molar-refractivity contribution is 9.10. The lowest BCUT2D eigenvalue weighted by Gasteiger charge is -2.19. The number of halogens is 2. The number of amides is 1. The van der Waals surface area contributed by atoms with Crippen LogP contribution in [0.5, 0.6) is 0 Å². The van der Waals surface area contributed by atoms with E-state index in [0.29, 0.717) is 10.6 Å². The van der Waals surface area contributed by atoms with E-state index in [0.717, 1.165) is 23.7 Å². The third kappa shape index (κ3) is 3.05. The lowest BCUT2D eigenvalue weighted by atomic mass is 10.0. The van der Waals surface area contributed by atoms with E-state index in [4.69, 9.17) is 11.6 Å². The molecule has 0 bridgehead atoms. The summed E-state index contributed by atoms with van der Waals surface area (Å²) in [6.45, 7) is 0.122. The fourth-order valence-corrected chi connectivity index (χ4v) is 2.93. The molecule has 1 aliphatic carbocycles. The number of rotatable bonds is 3. The number of aliphatic hydroxyl groups excluding tert-OH is 1. The van der Waals surface area contributed by atoms with Gasteiger partial charge in [-0.05, 0) is 31.0 Å². The van der Waals surface area contributed by atoms with Gasteiger partial charge in [-0.1, -0.05) is 34.0 Å². The third-order valence-electron chi connectivity index (χ3n) is 3.38. The van der Waals surface area contributed by atoms with E-state index < -0.39 is 0 Å². The van der Waals surface area contributed by atoms with Gasteiger partial charge in [-0.3, -0.25) is 4.79 Å². The Morgan fingerprint density at radius 3 is 3.00 bits per heavy atom. The van der Waals surface area contributed by atoms with Crippen molar-refractivity contribution in [2.45, 2.75) is 25.3 Å². The number of hydrogen-bond donors (Lipinski definition) is 2. The van der Waals surface area contributed by atoms with Crippen LogP contribution >= 0.6 is 27.5 Å². The summed E-state index contributed by atoms with van der Waals surface area (Å²) in [6.07, 6.45) is 2.93. The summed E-state index contributed by atoms with van der Waals surface area (Å²) < 4.78 is 0.821. The molecule has 1 aromatic carbocycles. The first-order chi connectivity index (χ1) is 8.61. The molecule has 3 nitrogen and oxygen atoms in total. The van der Waals surface area contributed by atoms with Gasteiger partial charge in [-0.2, -0.15) is 0 Å². The molecule has 0 saturated heterocycles. The van der Waals surface area contributed by atoms with Crippen LogP contribution in [0.1, 0.15) is 29.6 Å². The molecule has 0 aromatic heterocycles. The van der Waals surface area contributed by atoms with Crippen molar-refractivity contribution in [2.24, 2.45) is 5.92 Å². The van der Waals surface area contributed by atoms with E-state index in [1.807, 2.05) is 0 Å². The summed E-state index contributed by atoms with van der Waals surface area (Å²) in [7, 11) is 0. The van der Waals surface area contributed by atoms with Crippen molar-refractivity contribution in [3.05, 3.63) is 33.3 Å². The van der Waals surface area contributed by atoms with E-state index >= 15 is 0 Å². The van der Waals surface area contributed by atoms with Crippen LogP contribution in [-0.4, -0.2) is 23.7 Å². The molecule has 1 amide bonds. The SMILES string of the molecule is O=C(NC1CCCC1CO)c1cc(Br)ccc1Cl. The fraction of sp³-hybridized carbons (Fsp3) is 0.462. The molecule has 2 N–H and O–H groups in total. The minimum Gasteiger partial charge on any atom is -0.396 e. The summed E-state index contributed by atoms with van der Waals surface area (Å²) >= 11 is 9.34. The van der Waals surface area contributed by atoms with Crippen molar-refractivity contribution in [3.8, 4) is 0 Å². The smallest absolute Gasteiger partial charge is 0.253 e. The molecular formula is C13H15BrClNO2. The van der Waals surface area contributed by atoms with Crippen LogP contribution < -0.4 is 5.32 Å². The summed E-state index contributed by atoms with van der Waals surface area (Å²) in [5, 5.41) is 12.6. The third-order valence-corrected chi connectivity index (χ3v) is 4.21. The zero-order valence-electron chi connectivity index (χ0n) is 9.83. The van der Waals surface area contributed by atoms with Crippen LogP contribution in [0.3, 0.4) is 0 Å². The molecule has 2 atom stereocenters. The molecule has 0 heterocycles. The molecule has 0 spiro atoms. The highest BCUT2D eigenvalue weighted by Crippen LogP contribution is 2.26. The van der Waals surface area contributed by atoms with Gasteiger partial charge in [0.2, 0.25) is 0 Å². The maximum Gasteiger partial charge on any atom is 0.253 e. The number of carbonyl (C=O) groups is 1. The van der Waals surface area contributed by atoms with Gasteiger partial charge in [0.1, 0.15) is 0 Å². The lowest BCUT2D eigenvalue weighted by Crippen LogP contribution is -2.38. The highest BCUT2D eigenvalue weighted by Gasteiger charge is 2.28. The first-order valence-electron chi connectivity index (χ1n) is 5.98. The molecule has 5 heteroatoms. The van der Waals surface area contributed by atoms with Gasteiger partial charge in [-0.25, -0.2) is 0 Å². The van der Waals surface area contributed by atoms with Gasteiger partial charge >= 0.3 is 0 Å². The second-order valence-corrected chi connectivity index (χ2v) is 5.90. The Balaban J connectivity index is 2.09. The van der Waals surface area contributed by atoms with Crippen LogP contribution in [0.2, 0.25) is 5.02 Å². The van der Waals surface area contributed by atoms with Gasteiger partial charge < -0.3 is 10.4 Å². The van der Waals surface area contributed by atoms with Crippen LogP contribution in [-0.2, 0) is 0 Å². The minimum absolute atomic E-state index is 0.0533. The van der Waals surface area contributed by atoms with Crippen LogP contribution in [0, 0.1) is 5.92 Å². The van der Waals surface area contributed by atoms with E-state index in [2.05, 4.69) is 21.2 Å². The molecule has 1 aromatic rings. The van der Waals surface area contributed by atoms with Gasteiger partial charge in [0, 0.05) is 23.0 Å². The average molecular weight is 333 g/mol. The first-order valence-corrected chi connectivity index (χ1v) is 7.15. The van der Waals surface area contributed by atoms with E-state index in [-0.39, 0.29) is 24.5 Å². The molecule has 18 heavy (non-hydrogen) atoms. The molecule has 2 rings (SSSR count). The van der Waals surface area contributed by atoms with Crippen molar-refractivity contribution >= 4 is 33.4 Å². The minimum atomic E-state index is -0.174. The van der Waals surface area contributed by atoms with Gasteiger partial charge in [0.25, 0.3) is 5.91 Å². The largest absolute Gasteiger partial charge is 0.396 e. The molecule has 1 saturated carbocycles. The Bertz CT molecular complexity index is 453. The van der Waals surface area contributed by atoms with Crippen LogP contribution in [0.25, 0.3) is 0 Å². The predicted octanol–water partition coefficient (Wildman–Crippen LogP) is 2.99. The van der Waals surface area contributed by atoms with Crippen molar-refractivity contribution in [2.75, 3.05) is 6.61 Å². The summed E-state index contributed by atoms with van der Waals surface area (Å²) in [5.74, 6) is -0.00784. The number of carbonyl (C=O) groups excluding carboxylic acids is 1. The molecular weight excluding hydrogens is 318 g/mol. The Morgan fingerprint density at radius 1 is 1.50 bits per heavy atom. The maximum atomic E-state index is 12.1. The van der Waals surface area contributed by atoms with Crippen molar-refractivity contribution in [3.63, 3.8) is 0 Å².